The number of benzene rings is 1. The summed E-state index contributed by atoms with van der Waals surface area (Å²) in [6.07, 6.45) is 1.30. The first-order valence-corrected chi connectivity index (χ1v) is 8.31. The topological polar surface area (TPSA) is 77.4 Å². The van der Waals surface area contributed by atoms with Crippen molar-refractivity contribution in [2.45, 2.75) is 11.5 Å². The average Bonchev–Trinajstić information content (AvgIpc) is 2.89. The first-order valence-electron chi connectivity index (χ1n) is 6.45. The molecule has 0 bridgehead atoms. The van der Waals surface area contributed by atoms with E-state index in [1.165, 1.54) is 43.1 Å². The molecule has 0 aliphatic rings. The predicted octanol–water partition coefficient (Wildman–Crippen LogP) is 2.08. The molecular formula is C14H14ClFN2O4S. The fourth-order valence-corrected chi connectivity index (χ4v) is 2.88. The van der Waals surface area contributed by atoms with Crippen molar-refractivity contribution in [1.29, 1.82) is 0 Å². The second-order valence-electron chi connectivity index (χ2n) is 4.69. The van der Waals surface area contributed by atoms with E-state index in [1.54, 1.807) is 0 Å². The highest BCUT2D eigenvalue weighted by Crippen LogP contribution is 2.19. The van der Waals surface area contributed by atoms with Gasteiger partial charge in [0.15, 0.2) is 0 Å². The van der Waals surface area contributed by atoms with Crippen molar-refractivity contribution in [1.82, 2.24) is 9.29 Å². The molecule has 1 heterocycles. The van der Waals surface area contributed by atoms with Crippen molar-refractivity contribution in [2.24, 2.45) is 7.05 Å². The Bertz CT molecular complexity index is 848. The van der Waals surface area contributed by atoms with Gasteiger partial charge in [-0.1, -0.05) is 17.7 Å². The number of nitrogens with one attached hydrogen (secondary N) is 1. The molecule has 0 saturated carbocycles. The highest BCUT2D eigenvalue weighted by atomic mass is 35.5. The Morgan fingerprint density at radius 1 is 1.39 bits per heavy atom. The second-order valence-corrected chi connectivity index (χ2v) is 6.99. The Morgan fingerprint density at radius 2 is 2.09 bits per heavy atom. The highest BCUT2D eigenvalue weighted by Gasteiger charge is 2.20. The van der Waals surface area contributed by atoms with E-state index in [2.05, 4.69) is 4.72 Å². The van der Waals surface area contributed by atoms with Gasteiger partial charge in [-0.2, -0.15) is 0 Å². The number of ether oxygens (including phenoxy) is 1. The van der Waals surface area contributed by atoms with Crippen molar-refractivity contribution in [3.05, 3.63) is 52.6 Å². The molecule has 0 spiro atoms. The van der Waals surface area contributed by atoms with Crippen LogP contribution in [0.4, 0.5) is 4.39 Å². The number of halogens is 2. The Labute approximate surface area is 137 Å². The lowest BCUT2D eigenvalue weighted by Gasteiger charge is -2.07. The molecule has 0 aliphatic heterocycles. The number of rotatable bonds is 5. The van der Waals surface area contributed by atoms with Gasteiger partial charge in [0.25, 0.3) is 0 Å². The van der Waals surface area contributed by atoms with E-state index in [9.17, 15) is 17.6 Å². The van der Waals surface area contributed by atoms with E-state index in [0.29, 0.717) is 5.56 Å². The molecular weight excluding hydrogens is 347 g/mol. The smallest absolute Gasteiger partial charge is 0.355 e. The molecule has 23 heavy (non-hydrogen) atoms. The zero-order valence-corrected chi connectivity index (χ0v) is 13.9. The molecule has 2 aromatic rings. The minimum absolute atomic E-state index is 0.0470. The highest BCUT2D eigenvalue weighted by molar-refractivity contribution is 7.89. The Hall–Kier alpha value is -1.90. The van der Waals surface area contributed by atoms with Crippen molar-refractivity contribution in [3.63, 3.8) is 0 Å². The largest absolute Gasteiger partial charge is 0.456 e. The van der Waals surface area contributed by atoms with Gasteiger partial charge in [0.05, 0.1) is 5.02 Å². The van der Waals surface area contributed by atoms with Gasteiger partial charge in [-0.25, -0.2) is 22.3 Å². The minimum atomic E-state index is -3.65. The molecule has 1 aromatic carbocycles. The molecule has 0 amide bonds. The lowest BCUT2D eigenvalue weighted by molar-refractivity contribution is 0.0461. The SMILES string of the molecule is CNS(=O)(=O)c1cc(C(=O)OCc2ccc(F)cc2Cl)n(C)c1. The number of sulfonamides is 1. The number of hydrogen-bond acceptors (Lipinski definition) is 4. The lowest BCUT2D eigenvalue weighted by atomic mass is 10.2. The molecule has 0 saturated heterocycles. The van der Waals surface area contributed by atoms with Crippen molar-refractivity contribution >= 4 is 27.6 Å². The third-order valence-electron chi connectivity index (χ3n) is 3.14. The third kappa shape index (κ3) is 3.90. The van der Waals surface area contributed by atoms with Crippen LogP contribution in [0.3, 0.4) is 0 Å². The maximum absolute atomic E-state index is 13.0. The van der Waals surface area contributed by atoms with E-state index >= 15 is 0 Å². The standard InChI is InChI=1S/C14H14ClFN2O4S/c1-17-23(20,21)11-6-13(18(2)7-11)14(19)22-8-9-3-4-10(16)5-12(9)15/h3-7,17H,8H2,1-2H3. The van der Waals surface area contributed by atoms with Gasteiger partial charge in [0.1, 0.15) is 23.0 Å². The van der Waals surface area contributed by atoms with Gasteiger partial charge in [0, 0.05) is 18.8 Å². The maximum atomic E-state index is 13.0. The minimum Gasteiger partial charge on any atom is -0.456 e. The molecule has 2 rings (SSSR count). The number of carbonyl (C=O) groups excluding carboxylic acids is 1. The number of nitrogens with zero attached hydrogens (tertiary/aromatic N) is 1. The van der Waals surface area contributed by atoms with E-state index in [0.717, 1.165) is 6.07 Å². The number of aromatic nitrogens is 1. The first-order chi connectivity index (χ1) is 10.7. The molecule has 0 radical (unpaired) electrons. The molecule has 124 valence electrons. The summed E-state index contributed by atoms with van der Waals surface area (Å²) in [6, 6.07) is 4.94. The van der Waals surface area contributed by atoms with Gasteiger partial charge >= 0.3 is 5.97 Å². The van der Waals surface area contributed by atoms with E-state index in [4.69, 9.17) is 16.3 Å². The van der Waals surface area contributed by atoms with Crippen molar-refractivity contribution in [3.8, 4) is 0 Å². The van der Waals surface area contributed by atoms with Gasteiger partial charge < -0.3 is 9.30 Å². The van der Waals surface area contributed by atoms with Crippen LogP contribution in [-0.2, 0) is 28.4 Å². The van der Waals surface area contributed by atoms with Crippen molar-refractivity contribution in [2.75, 3.05) is 7.05 Å². The summed E-state index contributed by atoms with van der Waals surface area (Å²) >= 11 is 5.85. The molecule has 1 N–H and O–H groups in total. The molecule has 1 aromatic heterocycles. The quantitative estimate of drug-likeness (QED) is 0.828. The summed E-state index contributed by atoms with van der Waals surface area (Å²) in [7, 11) is -0.855. The first kappa shape index (κ1) is 17.5. The Balaban J connectivity index is 2.15. The van der Waals surface area contributed by atoms with Crippen LogP contribution < -0.4 is 4.72 Å². The second kappa shape index (κ2) is 6.69. The van der Waals surface area contributed by atoms with Gasteiger partial charge in [-0.3, -0.25) is 0 Å². The number of carbonyl (C=O) groups is 1. The molecule has 0 fully saturated rings. The van der Waals surface area contributed by atoms with E-state index < -0.39 is 21.8 Å². The van der Waals surface area contributed by atoms with Gasteiger partial charge in [-0.15, -0.1) is 0 Å². The lowest BCUT2D eigenvalue weighted by Crippen LogP contribution is -2.17. The fourth-order valence-electron chi connectivity index (χ4n) is 1.86. The maximum Gasteiger partial charge on any atom is 0.355 e. The average molecular weight is 361 g/mol. The van der Waals surface area contributed by atoms with Gasteiger partial charge in [0.2, 0.25) is 10.0 Å². The molecule has 0 atom stereocenters. The molecule has 9 heteroatoms. The zero-order valence-electron chi connectivity index (χ0n) is 12.3. The predicted molar refractivity (Wildman–Crippen MR) is 82.2 cm³/mol. The van der Waals surface area contributed by atoms with Crippen LogP contribution in [-0.4, -0.2) is 26.0 Å². The summed E-state index contributed by atoms with van der Waals surface area (Å²) in [5.41, 5.74) is 0.510. The van der Waals surface area contributed by atoms with Crippen LogP contribution >= 0.6 is 11.6 Å². The van der Waals surface area contributed by atoms with E-state index in [1.807, 2.05) is 0 Å². The molecule has 6 nitrogen and oxygen atoms in total. The summed E-state index contributed by atoms with van der Waals surface area (Å²) in [4.78, 5) is 12.0. The zero-order chi connectivity index (χ0) is 17.2. The van der Waals surface area contributed by atoms with Crippen LogP contribution in [0, 0.1) is 5.82 Å². The fraction of sp³-hybridized carbons (Fsp3) is 0.214. The Morgan fingerprint density at radius 3 is 2.70 bits per heavy atom. The third-order valence-corrected chi connectivity index (χ3v) is 4.88. The van der Waals surface area contributed by atoms with Crippen LogP contribution in [0.25, 0.3) is 0 Å². The van der Waals surface area contributed by atoms with Crippen LogP contribution in [0.5, 0.6) is 0 Å². The molecule has 0 aliphatic carbocycles. The monoisotopic (exact) mass is 360 g/mol. The molecule has 0 unspecified atom stereocenters. The summed E-state index contributed by atoms with van der Waals surface area (Å²) in [5, 5.41) is 0.142. The Kier molecular flexibility index (Phi) is 5.08. The normalized spacial score (nSPS) is 11.5. The summed E-state index contributed by atoms with van der Waals surface area (Å²) < 4.78 is 45.0. The van der Waals surface area contributed by atoms with Crippen LogP contribution in [0.1, 0.15) is 16.1 Å². The number of esters is 1. The van der Waals surface area contributed by atoms with Gasteiger partial charge in [-0.05, 0) is 25.2 Å². The number of aryl methyl sites for hydroxylation is 1. The summed E-state index contributed by atoms with van der Waals surface area (Å²) in [6.45, 7) is -0.156. The number of hydrogen-bond donors (Lipinski definition) is 1. The van der Waals surface area contributed by atoms with Crippen molar-refractivity contribution < 1.29 is 22.3 Å². The summed E-state index contributed by atoms with van der Waals surface area (Å²) in [5.74, 6) is -1.21. The van der Waals surface area contributed by atoms with Crippen LogP contribution in [0.15, 0.2) is 35.4 Å². The van der Waals surface area contributed by atoms with E-state index in [-0.39, 0.29) is 22.2 Å². The van der Waals surface area contributed by atoms with Crippen LogP contribution in [0.2, 0.25) is 5.02 Å².